The number of hydrogen-bond acceptors (Lipinski definition) is 4. The number of carbonyl (C=O) groups excluding carboxylic acids is 2. The van der Waals surface area contributed by atoms with Gasteiger partial charge in [-0.2, -0.15) is 0 Å². The Morgan fingerprint density at radius 3 is 2.12 bits per heavy atom. The summed E-state index contributed by atoms with van der Waals surface area (Å²) in [6.45, 7) is 0. The van der Waals surface area contributed by atoms with Gasteiger partial charge in [-0.1, -0.05) is 36.4 Å². The van der Waals surface area contributed by atoms with Gasteiger partial charge in [0.15, 0.2) is 0 Å². The molecule has 0 spiro atoms. The van der Waals surface area contributed by atoms with Gasteiger partial charge in [-0.25, -0.2) is 4.68 Å². The molecule has 0 aliphatic heterocycles. The van der Waals surface area contributed by atoms with Crippen molar-refractivity contribution in [3.63, 3.8) is 0 Å². The summed E-state index contributed by atoms with van der Waals surface area (Å²) in [6.07, 6.45) is 1.24. The number of Topliss-reactive ketones (excluding diaryl/α,β-unsaturated/α-hetero) is 1. The molecule has 1 aliphatic rings. The summed E-state index contributed by atoms with van der Waals surface area (Å²) in [5, 5.41) is 2.93. The molecule has 4 rings (SSSR count). The maximum absolute atomic E-state index is 12.9. The molecule has 1 aromatic heterocycles. The van der Waals surface area contributed by atoms with Crippen LogP contribution in [-0.2, 0) is 7.05 Å². The highest BCUT2D eigenvalue weighted by Gasteiger charge is 2.34. The van der Waals surface area contributed by atoms with Crippen LogP contribution < -0.4 is 10.9 Å². The van der Waals surface area contributed by atoms with E-state index in [-0.39, 0.29) is 22.7 Å². The quantitative estimate of drug-likeness (QED) is 0.792. The van der Waals surface area contributed by atoms with E-state index in [1.165, 1.54) is 15.4 Å². The summed E-state index contributed by atoms with van der Waals surface area (Å²) in [5.41, 5.74) is 0.837. The Labute approximate surface area is 149 Å². The first-order valence-corrected chi connectivity index (χ1v) is 8.08. The number of rotatable bonds is 3. The summed E-state index contributed by atoms with van der Waals surface area (Å²) in [5.74, 6) is -0.869. The summed E-state index contributed by atoms with van der Waals surface area (Å²) >= 11 is 0. The van der Waals surface area contributed by atoms with E-state index in [1.54, 1.807) is 43.4 Å². The third-order valence-corrected chi connectivity index (χ3v) is 4.30. The average molecular weight is 345 g/mol. The van der Waals surface area contributed by atoms with Crippen molar-refractivity contribution < 1.29 is 9.59 Å². The molecule has 128 valence electrons. The highest BCUT2D eigenvalue weighted by atomic mass is 16.2. The number of anilines is 1. The lowest BCUT2D eigenvalue weighted by atomic mass is 9.99. The minimum absolute atomic E-state index is 0.0941. The predicted octanol–water partition coefficient (Wildman–Crippen LogP) is 2.55. The average Bonchev–Trinajstić information content (AvgIpc) is 2.92. The molecule has 2 aromatic carbocycles. The van der Waals surface area contributed by atoms with E-state index in [2.05, 4.69) is 5.32 Å². The molecule has 1 aliphatic carbocycles. The Bertz CT molecular complexity index is 1110. The van der Waals surface area contributed by atoms with Gasteiger partial charge in [0.1, 0.15) is 11.3 Å². The van der Waals surface area contributed by atoms with Crippen LogP contribution in [-0.4, -0.2) is 20.9 Å². The van der Waals surface area contributed by atoms with Gasteiger partial charge in [0.2, 0.25) is 11.6 Å². The molecule has 0 unspecified atom stereocenters. The van der Waals surface area contributed by atoms with Gasteiger partial charge < -0.3 is 5.32 Å². The highest BCUT2D eigenvalue weighted by Crippen LogP contribution is 2.22. The van der Waals surface area contributed by atoms with Crippen LogP contribution in [0, 0.1) is 0 Å². The minimum Gasteiger partial charge on any atom is -0.352 e. The fraction of sp³-hybridized carbons (Fsp3) is 0.0500. The molecule has 1 heterocycles. The zero-order valence-corrected chi connectivity index (χ0v) is 14.0. The van der Waals surface area contributed by atoms with Crippen LogP contribution >= 0.6 is 0 Å². The Kier molecular flexibility index (Phi) is 3.65. The molecular weight excluding hydrogens is 330 g/mol. The first kappa shape index (κ1) is 15.8. The fourth-order valence-electron chi connectivity index (χ4n) is 3.12. The fourth-order valence-corrected chi connectivity index (χ4v) is 3.12. The minimum atomic E-state index is -0.507. The van der Waals surface area contributed by atoms with Crippen LogP contribution in [0.1, 0.15) is 20.8 Å². The predicted molar refractivity (Wildman–Crippen MR) is 97.8 cm³/mol. The Balaban J connectivity index is 1.83. The number of nitrogens with zero attached hydrogens (tertiary/aromatic N) is 2. The maximum Gasteiger partial charge on any atom is 0.283 e. The number of aromatic nitrogens is 2. The third-order valence-electron chi connectivity index (χ3n) is 4.30. The molecule has 0 atom stereocenters. The number of fused-ring (bicyclic) bond motifs is 1. The first-order chi connectivity index (χ1) is 12.6. The second kappa shape index (κ2) is 6.00. The van der Waals surface area contributed by atoms with Crippen molar-refractivity contribution in [2.24, 2.45) is 7.05 Å². The molecule has 26 heavy (non-hydrogen) atoms. The van der Waals surface area contributed by atoms with E-state index in [0.717, 1.165) is 0 Å². The number of para-hydroxylation sites is 2. The van der Waals surface area contributed by atoms with Crippen molar-refractivity contribution in [3.8, 4) is 5.69 Å². The summed E-state index contributed by atoms with van der Waals surface area (Å²) in [6, 6.07) is 17.9. The third kappa shape index (κ3) is 2.39. The summed E-state index contributed by atoms with van der Waals surface area (Å²) < 4.78 is 2.77. The van der Waals surface area contributed by atoms with Crippen LogP contribution in [0.15, 0.2) is 77.2 Å². The first-order valence-electron chi connectivity index (χ1n) is 8.08. The van der Waals surface area contributed by atoms with Gasteiger partial charge in [0.05, 0.1) is 11.4 Å². The zero-order valence-electron chi connectivity index (χ0n) is 14.0. The van der Waals surface area contributed by atoms with Crippen molar-refractivity contribution in [2.75, 3.05) is 5.32 Å². The van der Waals surface area contributed by atoms with Crippen molar-refractivity contribution in [1.29, 1.82) is 0 Å². The molecule has 0 radical (unpaired) electrons. The standard InChI is InChI=1S/C20H15N3O3/c1-22-18-16(24)12-15(21-13-8-4-2-5-9-13)19(25)17(18)20(26)23(22)14-10-6-3-7-11-14/h2-12,21H,1H3. The highest BCUT2D eigenvalue weighted by molar-refractivity contribution is 6.24. The number of allylic oxidation sites excluding steroid dienone is 2. The van der Waals surface area contributed by atoms with Gasteiger partial charge >= 0.3 is 0 Å². The Hall–Kier alpha value is -3.67. The lowest BCUT2D eigenvalue weighted by Crippen LogP contribution is -2.26. The summed E-state index contributed by atoms with van der Waals surface area (Å²) in [4.78, 5) is 38.4. The van der Waals surface area contributed by atoms with Crippen LogP contribution in [0.3, 0.4) is 0 Å². The summed E-state index contributed by atoms with van der Waals surface area (Å²) in [7, 11) is 1.60. The van der Waals surface area contributed by atoms with Crippen molar-refractivity contribution in [2.45, 2.75) is 0 Å². The van der Waals surface area contributed by atoms with Crippen molar-refractivity contribution >= 4 is 17.3 Å². The zero-order chi connectivity index (χ0) is 18.3. The molecule has 0 saturated carbocycles. The molecule has 0 saturated heterocycles. The van der Waals surface area contributed by atoms with E-state index >= 15 is 0 Å². The van der Waals surface area contributed by atoms with E-state index in [9.17, 15) is 14.4 Å². The number of carbonyl (C=O) groups is 2. The lowest BCUT2D eigenvalue weighted by Gasteiger charge is -2.14. The van der Waals surface area contributed by atoms with Gasteiger partial charge in [-0.15, -0.1) is 0 Å². The molecular formula is C20H15N3O3. The molecule has 3 aromatic rings. The number of hydrogen-bond donors (Lipinski definition) is 1. The molecule has 1 N–H and O–H groups in total. The topological polar surface area (TPSA) is 73.1 Å². The Morgan fingerprint density at radius 2 is 1.46 bits per heavy atom. The molecule has 6 heteroatoms. The second-order valence-corrected chi connectivity index (χ2v) is 5.94. The maximum atomic E-state index is 12.9. The van der Waals surface area contributed by atoms with Gasteiger partial charge in [0, 0.05) is 18.8 Å². The van der Waals surface area contributed by atoms with Crippen LogP contribution in [0.4, 0.5) is 5.69 Å². The largest absolute Gasteiger partial charge is 0.352 e. The second-order valence-electron chi connectivity index (χ2n) is 5.94. The van der Waals surface area contributed by atoms with Crippen LogP contribution in [0.2, 0.25) is 0 Å². The normalized spacial score (nSPS) is 13.3. The number of nitrogens with one attached hydrogen (secondary N) is 1. The molecule has 0 bridgehead atoms. The van der Waals surface area contributed by atoms with E-state index < -0.39 is 11.3 Å². The molecule has 0 amide bonds. The van der Waals surface area contributed by atoms with Crippen LogP contribution in [0.25, 0.3) is 5.69 Å². The smallest absolute Gasteiger partial charge is 0.283 e. The van der Waals surface area contributed by atoms with Gasteiger partial charge in [-0.3, -0.25) is 19.1 Å². The van der Waals surface area contributed by atoms with Gasteiger partial charge in [0.25, 0.3) is 5.56 Å². The Morgan fingerprint density at radius 1 is 0.846 bits per heavy atom. The van der Waals surface area contributed by atoms with Gasteiger partial charge in [-0.05, 0) is 24.3 Å². The molecule has 0 fully saturated rings. The van der Waals surface area contributed by atoms with Crippen molar-refractivity contribution in [1.82, 2.24) is 9.36 Å². The van der Waals surface area contributed by atoms with Crippen molar-refractivity contribution in [3.05, 3.63) is 94.0 Å². The SMILES string of the molecule is Cn1c2c(c(=O)n1-c1ccccc1)C(=O)C(Nc1ccccc1)=CC2=O. The van der Waals surface area contributed by atoms with E-state index in [0.29, 0.717) is 11.4 Å². The molecule has 6 nitrogen and oxygen atoms in total. The number of benzene rings is 2. The monoisotopic (exact) mass is 345 g/mol. The number of ketones is 2. The lowest BCUT2D eigenvalue weighted by molar-refractivity contribution is 0.0980. The van der Waals surface area contributed by atoms with E-state index in [1.807, 2.05) is 24.3 Å². The van der Waals surface area contributed by atoms with Crippen LogP contribution in [0.5, 0.6) is 0 Å². The van der Waals surface area contributed by atoms with E-state index in [4.69, 9.17) is 0 Å².